The normalized spacial score (nSPS) is 10.6. The molecular weight excluding hydrogens is 414 g/mol. The van der Waals surface area contributed by atoms with Crippen molar-refractivity contribution in [3.63, 3.8) is 0 Å². The molecule has 150 valence electrons. The average Bonchev–Trinajstić information content (AvgIpc) is 3.03. The van der Waals surface area contributed by atoms with Gasteiger partial charge in [-0.2, -0.15) is 0 Å². The predicted octanol–water partition coefficient (Wildman–Crippen LogP) is 3.09. The lowest BCUT2D eigenvalue weighted by molar-refractivity contribution is -0.116. The summed E-state index contributed by atoms with van der Waals surface area (Å²) in [5.74, 6) is 0.0221. The molecule has 0 radical (unpaired) electrons. The summed E-state index contributed by atoms with van der Waals surface area (Å²) in [6, 6.07) is 13.3. The van der Waals surface area contributed by atoms with Crippen LogP contribution in [0.15, 0.2) is 53.7 Å². The van der Waals surface area contributed by atoms with Crippen LogP contribution in [0.3, 0.4) is 0 Å². The number of aromatic nitrogens is 3. The number of phenolic OH excluding ortho intramolecular Hbond substituents is 1. The Morgan fingerprint density at radius 3 is 2.52 bits per heavy atom. The molecule has 29 heavy (non-hydrogen) atoms. The molecule has 2 aromatic carbocycles. The molecule has 1 heterocycles. The molecular formula is C19H18ClN5O3S. The molecule has 0 bridgehead atoms. The first kappa shape index (κ1) is 20.7. The highest BCUT2D eigenvalue weighted by Gasteiger charge is 2.15. The molecule has 8 nitrogen and oxygen atoms in total. The molecule has 0 atom stereocenters. The van der Waals surface area contributed by atoms with Gasteiger partial charge in [0, 0.05) is 17.8 Å². The largest absolute Gasteiger partial charge is 0.506 e. The third-order valence-electron chi connectivity index (χ3n) is 3.88. The summed E-state index contributed by atoms with van der Waals surface area (Å²) in [4.78, 5) is 24.3. The van der Waals surface area contributed by atoms with Crippen LogP contribution >= 0.6 is 23.4 Å². The van der Waals surface area contributed by atoms with Gasteiger partial charge in [-0.05, 0) is 36.4 Å². The molecule has 3 rings (SSSR count). The van der Waals surface area contributed by atoms with Gasteiger partial charge in [-0.1, -0.05) is 35.5 Å². The summed E-state index contributed by atoms with van der Waals surface area (Å²) in [6.45, 7) is 0. The van der Waals surface area contributed by atoms with Crippen LogP contribution < -0.4 is 10.6 Å². The Kier molecular flexibility index (Phi) is 6.73. The summed E-state index contributed by atoms with van der Waals surface area (Å²) >= 11 is 7.01. The average molecular weight is 432 g/mol. The van der Waals surface area contributed by atoms with Gasteiger partial charge in [0.1, 0.15) is 11.6 Å². The molecule has 0 saturated carbocycles. The number of nitrogens with zero attached hydrogens (tertiary/aromatic N) is 3. The minimum absolute atomic E-state index is 0.00139. The number of para-hydroxylation sites is 2. The number of carbonyl (C=O) groups excluding carboxylic acids is 2. The van der Waals surface area contributed by atoms with Gasteiger partial charge in [0.25, 0.3) is 0 Å². The Balaban J connectivity index is 1.53. The smallest absolute Gasteiger partial charge is 0.234 e. The first-order valence-corrected chi connectivity index (χ1v) is 9.93. The number of hydrogen-bond donors (Lipinski definition) is 3. The number of thioether (sulfide) groups is 1. The lowest BCUT2D eigenvalue weighted by atomic mass is 10.3. The zero-order valence-electron chi connectivity index (χ0n) is 15.4. The van der Waals surface area contributed by atoms with Crippen molar-refractivity contribution < 1.29 is 14.7 Å². The Hall–Kier alpha value is -3.04. The van der Waals surface area contributed by atoms with Crippen LogP contribution in [0.1, 0.15) is 5.82 Å². The van der Waals surface area contributed by atoms with Gasteiger partial charge in [-0.15, -0.1) is 10.2 Å². The van der Waals surface area contributed by atoms with Crippen molar-refractivity contribution in [3.05, 3.63) is 59.4 Å². The van der Waals surface area contributed by atoms with E-state index >= 15 is 0 Å². The summed E-state index contributed by atoms with van der Waals surface area (Å²) < 4.78 is 1.67. The first-order valence-electron chi connectivity index (χ1n) is 8.56. The summed E-state index contributed by atoms with van der Waals surface area (Å²) in [5, 5.41) is 24.2. The number of phenols is 1. The van der Waals surface area contributed by atoms with Crippen molar-refractivity contribution in [3.8, 4) is 5.75 Å². The van der Waals surface area contributed by atoms with E-state index in [0.29, 0.717) is 27.4 Å². The molecule has 10 heteroatoms. The molecule has 0 spiro atoms. The second kappa shape index (κ2) is 9.44. The maximum absolute atomic E-state index is 12.2. The molecule has 2 amide bonds. The van der Waals surface area contributed by atoms with Gasteiger partial charge >= 0.3 is 0 Å². The van der Waals surface area contributed by atoms with Crippen LogP contribution in [0.5, 0.6) is 5.75 Å². The summed E-state index contributed by atoms with van der Waals surface area (Å²) in [6.07, 6.45) is 0.0385. The first-order chi connectivity index (χ1) is 13.9. The maximum atomic E-state index is 12.2. The highest BCUT2D eigenvalue weighted by Crippen LogP contribution is 2.22. The number of amides is 2. The van der Waals surface area contributed by atoms with Crippen molar-refractivity contribution >= 4 is 46.6 Å². The van der Waals surface area contributed by atoms with E-state index in [1.54, 1.807) is 54.1 Å². The van der Waals surface area contributed by atoms with Crippen LogP contribution in [-0.2, 0) is 23.1 Å². The van der Waals surface area contributed by atoms with E-state index in [-0.39, 0.29) is 29.7 Å². The molecule has 3 aromatic rings. The van der Waals surface area contributed by atoms with Crippen LogP contribution in [-0.4, -0.2) is 37.4 Å². The van der Waals surface area contributed by atoms with Crippen LogP contribution in [0, 0.1) is 0 Å². The molecule has 3 N–H and O–H groups in total. The Morgan fingerprint density at radius 1 is 1.07 bits per heavy atom. The zero-order valence-corrected chi connectivity index (χ0v) is 17.0. The number of halogens is 1. The second-order valence-electron chi connectivity index (χ2n) is 6.04. The van der Waals surface area contributed by atoms with Crippen LogP contribution in [0.4, 0.5) is 11.4 Å². The number of anilines is 2. The quantitative estimate of drug-likeness (QED) is 0.392. The summed E-state index contributed by atoms with van der Waals surface area (Å²) in [5.41, 5.74) is 0.979. The Labute approximate surface area is 176 Å². The number of rotatable bonds is 7. The van der Waals surface area contributed by atoms with Crippen molar-refractivity contribution in [2.75, 3.05) is 16.4 Å². The van der Waals surface area contributed by atoms with Crippen molar-refractivity contribution in [1.29, 1.82) is 0 Å². The van der Waals surface area contributed by atoms with E-state index < -0.39 is 0 Å². The van der Waals surface area contributed by atoms with Crippen molar-refractivity contribution in [1.82, 2.24) is 14.8 Å². The van der Waals surface area contributed by atoms with E-state index in [1.807, 2.05) is 0 Å². The number of benzene rings is 2. The molecule has 0 unspecified atom stereocenters. The lowest BCUT2D eigenvalue weighted by Gasteiger charge is -2.07. The highest BCUT2D eigenvalue weighted by atomic mass is 35.5. The highest BCUT2D eigenvalue weighted by molar-refractivity contribution is 7.99. The van der Waals surface area contributed by atoms with Gasteiger partial charge in [0.05, 0.1) is 17.9 Å². The maximum Gasteiger partial charge on any atom is 0.234 e. The van der Waals surface area contributed by atoms with E-state index in [2.05, 4.69) is 20.8 Å². The van der Waals surface area contributed by atoms with Crippen LogP contribution in [0.25, 0.3) is 0 Å². The fraction of sp³-hybridized carbons (Fsp3) is 0.158. The SMILES string of the molecule is Cn1c(CC(=O)Nc2ccc(Cl)cc2)nnc1SCC(=O)Nc1ccccc1O. The lowest BCUT2D eigenvalue weighted by Crippen LogP contribution is -2.17. The van der Waals surface area contributed by atoms with Crippen LogP contribution in [0.2, 0.25) is 5.02 Å². The monoisotopic (exact) mass is 431 g/mol. The molecule has 0 fully saturated rings. The third kappa shape index (κ3) is 5.72. The number of nitrogens with one attached hydrogen (secondary N) is 2. The van der Waals surface area contributed by atoms with E-state index in [0.717, 1.165) is 0 Å². The predicted molar refractivity (Wildman–Crippen MR) is 112 cm³/mol. The minimum Gasteiger partial charge on any atom is -0.506 e. The van der Waals surface area contributed by atoms with Gasteiger partial charge in [0.2, 0.25) is 11.8 Å². The van der Waals surface area contributed by atoms with Gasteiger partial charge in [-0.3, -0.25) is 9.59 Å². The number of carbonyl (C=O) groups is 2. The second-order valence-corrected chi connectivity index (χ2v) is 7.42. The summed E-state index contributed by atoms with van der Waals surface area (Å²) in [7, 11) is 1.73. The number of hydrogen-bond acceptors (Lipinski definition) is 6. The third-order valence-corrected chi connectivity index (χ3v) is 5.15. The molecule has 1 aromatic heterocycles. The fourth-order valence-corrected chi connectivity index (χ4v) is 3.26. The van der Waals surface area contributed by atoms with Crippen molar-refractivity contribution in [2.24, 2.45) is 7.05 Å². The molecule has 0 aliphatic heterocycles. The minimum atomic E-state index is -0.290. The zero-order chi connectivity index (χ0) is 20.8. The Morgan fingerprint density at radius 2 is 1.79 bits per heavy atom. The molecule has 0 saturated heterocycles. The standard InChI is InChI=1S/C19H18ClN5O3S/c1-25-16(10-17(27)21-13-8-6-12(20)7-9-13)23-24-19(25)29-11-18(28)22-14-4-2-3-5-15(14)26/h2-9,26H,10-11H2,1H3,(H,21,27)(H,22,28). The van der Waals surface area contributed by atoms with E-state index in [4.69, 9.17) is 11.6 Å². The van der Waals surface area contributed by atoms with Gasteiger partial charge in [0.15, 0.2) is 5.16 Å². The van der Waals surface area contributed by atoms with Gasteiger partial charge < -0.3 is 20.3 Å². The fourth-order valence-electron chi connectivity index (χ4n) is 2.40. The van der Waals surface area contributed by atoms with Crippen molar-refractivity contribution in [2.45, 2.75) is 11.6 Å². The van der Waals surface area contributed by atoms with E-state index in [9.17, 15) is 14.7 Å². The Bertz CT molecular complexity index is 1020. The van der Waals surface area contributed by atoms with E-state index in [1.165, 1.54) is 17.8 Å². The van der Waals surface area contributed by atoms with Gasteiger partial charge in [-0.25, -0.2) is 0 Å². The topological polar surface area (TPSA) is 109 Å². The molecule has 0 aliphatic carbocycles. The molecule has 0 aliphatic rings. The number of aromatic hydroxyl groups is 1.